The Balaban J connectivity index is 1.46. The summed E-state index contributed by atoms with van der Waals surface area (Å²) in [6.07, 6.45) is -2.05. The van der Waals surface area contributed by atoms with Gasteiger partial charge in [0.2, 0.25) is 0 Å². The molecule has 2 aromatic rings. The van der Waals surface area contributed by atoms with Gasteiger partial charge in [0, 0.05) is 43.2 Å². The highest BCUT2D eigenvalue weighted by molar-refractivity contribution is 6.32. The van der Waals surface area contributed by atoms with Crippen molar-refractivity contribution in [2.24, 2.45) is 0 Å². The van der Waals surface area contributed by atoms with E-state index in [4.69, 9.17) is 22.1 Å². The van der Waals surface area contributed by atoms with Gasteiger partial charge in [0.25, 0.3) is 0 Å². The summed E-state index contributed by atoms with van der Waals surface area (Å²) >= 11 is 5.78. The Labute approximate surface area is 198 Å². The van der Waals surface area contributed by atoms with E-state index < -0.39 is 17.9 Å². The molecule has 2 atom stereocenters. The average Bonchev–Trinajstić information content (AvgIpc) is 2.74. The molecule has 2 aliphatic heterocycles. The van der Waals surface area contributed by atoms with Gasteiger partial charge in [0.15, 0.2) is 5.78 Å². The van der Waals surface area contributed by atoms with Crippen LogP contribution in [0.2, 0.25) is 5.02 Å². The van der Waals surface area contributed by atoms with Crippen molar-refractivity contribution >= 4 is 23.1 Å². The number of hydrogen-bond donors (Lipinski definition) is 1. The monoisotopic (exact) mass is 499 g/mol. The largest absolute Gasteiger partial charge is 0.573 e. The third-order valence-corrected chi connectivity index (χ3v) is 6.01. The Morgan fingerprint density at radius 1 is 1.18 bits per heavy atom. The molecule has 2 heterocycles. The van der Waals surface area contributed by atoms with Crippen LogP contribution in [0.4, 0.5) is 23.2 Å². The number of fused-ring (bicyclic) bond motifs is 2. The normalized spacial score (nSPS) is 21.1. The summed E-state index contributed by atoms with van der Waals surface area (Å²) in [5.74, 6) is -1.55. The molecular formula is C23H22ClF4N3O3. The molecule has 4 rings (SSSR count). The van der Waals surface area contributed by atoms with Gasteiger partial charge in [-0.05, 0) is 29.8 Å². The fourth-order valence-electron chi connectivity index (χ4n) is 4.22. The molecule has 2 aliphatic rings. The van der Waals surface area contributed by atoms with E-state index in [2.05, 4.69) is 9.64 Å². The van der Waals surface area contributed by atoms with Gasteiger partial charge in [0.1, 0.15) is 11.6 Å². The van der Waals surface area contributed by atoms with E-state index in [-0.39, 0.29) is 34.2 Å². The first kappa shape index (κ1) is 24.3. The number of nitrogen functional groups attached to an aromatic ring is 1. The van der Waals surface area contributed by atoms with Gasteiger partial charge < -0.3 is 20.1 Å². The first-order chi connectivity index (χ1) is 16.1. The number of ether oxygens (including phenoxy) is 2. The Kier molecular flexibility index (Phi) is 7.01. The molecule has 2 unspecified atom stereocenters. The number of rotatable bonds is 6. The van der Waals surface area contributed by atoms with Crippen LogP contribution in [0.15, 0.2) is 48.7 Å². The number of allylic oxidation sites excluding steroid dienone is 1. The lowest BCUT2D eigenvalue weighted by molar-refractivity contribution is -0.274. The van der Waals surface area contributed by atoms with Crippen molar-refractivity contribution < 1.29 is 31.8 Å². The van der Waals surface area contributed by atoms with Crippen molar-refractivity contribution in [3.63, 3.8) is 0 Å². The van der Waals surface area contributed by atoms with Crippen molar-refractivity contribution in [3.05, 3.63) is 70.6 Å². The summed E-state index contributed by atoms with van der Waals surface area (Å²) < 4.78 is 60.6. The van der Waals surface area contributed by atoms with Crippen molar-refractivity contribution in [1.82, 2.24) is 9.80 Å². The first-order valence-corrected chi connectivity index (χ1v) is 10.9. The Hall–Kier alpha value is -2.82. The number of alkyl halides is 3. The molecule has 2 N–H and O–H groups in total. The van der Waals surface area contributed by atoms with Crippen molar-refractivity contribution in [2.75, 3.05) is 32.0 Å². The fraction of sp³-hybridized carbons (Fsp3) is 0.348. The van der Waals surface area contributed by atoms with Crippen LogP contribution < -0.4 is 10.5 Å². The maximum atomic E-state index is 13.2. The third kappa shape index (κ3) is 5.81. The van der Waals surface area contributed by atoms with Gasteiger partial charge >= 0.3 is 6.36 Å². The van der Waals surface area contributed by atoms with Gasteiger partial charge in [-0.2, -0.15) is 0 Å². The fourth-order valence-corrected chi connectivity index (χ4v) is 4.43. The molecule has 2 fully saturated rings. The first-order valence-electron chi connectivity index (χ1n) is 10.5. The molecule has 0 aliphatic carbocycles. The summed E-state index contributed by atoms with van der Waals surface area (Å²) in [5, 5.41) is -0.348. The maximum absolute atomic E-state index is 13.2. The number of ketones is 1. The van der Waals surface area contributed by atoms with Crippen molar-refractivity contribution in [2.45, 2.75) is 25.0 Å². The summed E-state index contributed by atoms with van der Waals surface area (Å²) in [5.41, 5.74) is 6.62. The molecule has 34 heavy (non-hydrogen) atoms. The van der Waals surface area contributed by atoms with Gasteiger partial charge in [-0.3, -0.25) is 9.69 Å². The predicted molar refractivity (Wildman–Crippen MR) is 118 cm³/mol. The second-order valence-corrected chi connectivity index (χ2v) is 8.62. The molecule has 2 aromatic carbocycles. The standard InChI is InChI=1S/C23H22ClF4N3O3/c24-19-8-20(29)18(7-22(19)34-23(26,27)28)21(32)5-6-31-16-10-30(11-17(31)13-33-12-16)9-14-1-3-15(25)4-2-14/h1-8,16-17H,9-13,29H2/b6-5+. The number of carbonyl (C=O) groups is 1. The molecule has 0 radical (unpaired) electrons. The van der Waals surface area contributed by atoms with Crippen LogP contribution in [0, 0.1) is 5.82 Å². The minimum Gasteiger partial charge on any atom is -0.404 e. The molecule has 0 amide bonds. The number of piperazine rings is 1. The highest BCUT2D eigenvalue weighted by atomic mass is 35.5. The summed E-state index contributed by atoms with van der Waals surface area (Å²) in [6, 6.07) is 8.25. The van der Waals surface area contributed by atoms with Crippen LogP contribution in [0.25, 0.3) is 0 Å². The topological polar surface area (TPSA) is 68.0 Å². The number of morpholine rings is 1. The molecule has 182 valence electrons. The second kappa shape index (κ2) is 9.81. The molecule has 2 bridgehead atoms. The number of anilines is 1. The Morgan fingerprint density at radius 3 is 2.44 bits per heavy atom. The number of nitrogens with zero attached hydrogens (tertiary/aromatic N) is 2. The van der Waals surface area contributed by atoms with Gasteiger partial charge in [-0.15, -0.1) is 13.2 Å². The molecule has 2 saturated heterocycles. The number of benzene rings is 2. The highest BCUT2D eigenvalue weighted by Gasteiger charge is 2.36. The smallest absolute Gasteiger partial charge is 0.404 e. The zero-order valence-electron chi connectivity index (χ0n) is 17.9. The minimum absolute atomic E-state index is 0.0244. The van der Waals surface area contributed by atoms with Crippen molar-refractivity contribution in [3.8, 4) is 5.75 Å². The highest BCUT2D eigenvalue weighted by Crippen LogP contribution is 2.34. The lowest BCUT2D eigenvalue weighted by Crippen LogP contribution is -2.62. The van der Waals surface area contributed by atoms with E-state index in [9.17, 15) is 22.4 Å². The number of nitrogens with two attached hydrogens (primary N) is 1. The summed E-state index contributed by atoms with van der Waals surface area (Å²) in [6.45, 7) is 2.91. The quantitative estimate of drug-likeness (QED) is 0.277. The van der Waals surface area contributed by atoms with Crippen molar-refractivity contribution in [1.29, 1.82) is 0 Å². The zero-order valence-corrected chi connectivity index (χ0v) is 18.7. The Bertz CT molecular complexity index is 1060. The molecule has 0 aromatic heterocycles. The number of carbonyl (C=O) groups excluding carboxylic acids is 1. The number of halogens is 5. The minimum atomic E-state index is -4.96. The maximum Gasteiger partial charge on any atom is 0.573 e. The van der Waals surface area contributed by atoms with E-state index in [1.54, 1.807) is 18.3 Å². The van der Waals surface area contributed by atoms with Crippen LogP contribution in [0.5, 0.6) is 5.75 Å². The van der Waals surface area contributed by atoms with Crippen LogP contribution in [-0.2, 0) is 11.3 Å². The lowest BCUT2D eigenvalue weighted by Gasteiger charge is -2.49. The lowest BCUT2D eigenvalue weighted by atomic mass is 10.0. The number of hydrogen-bond acceptors (Lipinski definition) is 6. The van der Waals surface area contributed by atoms with E-state index in [0.717, 1.165) is 17.7 Å². The molecule has 0 spiro atoms. The molecule has 0 saturated carbocycles. The Morgan fingerprint density at radius 2 is 1.82 bits per heavy atom. The summed E-state index contributed by atoms with van der Waals surface area (Å²) in [7, 11) is 0. The molecule has 6 nitrogen and oxygen atoms in total. The van der Waals surface area contributed by atoms with Gasteiger partial charge in [-0.25, -0.2) is 4.39 Å². The summed E-state index contributed by atoms with van der Waals surface area (Å²) in [4.78, 5) is 17.0. The van der Waals surface area contributed by atoms with Crippen LogP contribution in [-0.4, -0.2) is 60.3 Å². The second-order valence-electron chi connectivity index (χ2n) is 8.21. The van der Waals surface area contributed by atoms with Gasteiger partial charge in [0.05, 0.1) is 30.3 Å². The van der Waals surface area contributed by atoms with E-state index >= 15 is 0 Å². The average molecular weight is 500 g/mol. The predicted octanol–water partition coefficient (Wildman–Crippen LogP) is 4.24. The van der Waals surface area contributed by atoms with E-state index in [1.807, 2.05) is 4.90 Å². The van der Waals surface area contributed by atoms with Crippen LogP contribution in [0.3, 0.4) is 0 Å². The third-order valence-electron chi connectivity index (χ3n) is 5.71. The SMILES string of the molecule is Nc1cc(Cl)c(OC(F)(F)F)cc1C(=O)/C=C/N1C2COCC1CN(Cc1ccc(F)cc1)C2. The molecule has 11 heteroatoms. The van der Waals surface area contributed by atoms with Crippen LogP contribution >= 0.6 is 11.6 Å². The molecular weight excluding hydrogens is 478 g/mol. The van der Waals surface area contributed by atoms with Gasteiger partial charge in [-0.1, -0.05) is 23.7 Å². The van der Waals surface area contributed by atoms with E-state index in [1.165, 1.54) is 18.2 Å². The van der Waals surface area contributed by atoms with Crippen LogP contribution in [0.1, 0.15) is 15.9 Å². The van der Waals surface area contributed by atoms with E-state index in [0.29, 0.717) is 32.8 Å². The zero-order chi connectivity index (χ0) is 24.5.